The Morgan fingerprint density at radius 1 is 1.36 bits per heavy atom. The monoisotopic (exact) mass is 379 g/mol. The van der Waals surface area contributed by atoms with Gasteiger partial charge in [0.2, 0.25) is 5.82 Å². The van der Waals surface area contributed by atoms with Crippen molar-refractivity contribution in [2.24, 2.45) is 0 Å². The van der Waals surface area contributed by atoms with E-state index >= 15 is 0 Å². The topological polar surface area (TPSA) is 61.8 Å². The second kappa shape index (κ2) is 5.70. The zero-order chi connectivity index (χ0) is 15.9. The van der Waals surface area contributed by atoms with Crippen LogP contribution in [0.5, 0.6) is 0 Å². The average Bonchev–Trinajstić information content (AvgIpc) is 2.47. The lowest BCUT2D eigenvalue weighted by molar-refractivity contribution is -0.579. The second-order valence-electron chi connectivity index (χ2n) is 4.90. The quantitative estimate of drug-likeness (QED) is 0.507. The van der Waals surface area contributed by atoms with Crippen molar-refractivity contribution < 1.29 is 4.73 Å². The Morgan fingerprint density at radius 2 is 2.05 bits per heavy atom. The van der Waals surface area contributed by atoms with Crippen molar-refractivity contribution in [3.63, 3.8) is 0 Å². The second-order valence-corrected chi connectivity index (χ2v) is 6.25. The molecular formula is C15H11BrClN3O2. The Morgan fingerprint density at radius 3 is 2.73 bits per heavy atom. The lowest BCUT2D eigenvalue weighted by Crippen LogP contribution is -2.33. The summed E-state index contributed by atoms with van der Waals surface area (Å²) in [7, 11) is 0. The van der Waals surface area contributed by atoms with Gasteiger partial charge in [0.25, 0.3) is 5.56 Å². The molecule has 0 aliphatic heterocycles. The first-order valence-electron chi connectivity index (χ1n) is 6.50. The number of aryl methyl sites for hydroxylation is 1. The highest BCUT2D eigenvalue weighted by atomic mass is 79.9. The highest BCUT2D eigenvalue weighted by molar-refractivity contribution is 9.10. The molecule has 0 fully saturated rings. The van der Waals surface area contributed by atoms with Crippen LogP contribution in [0.3, 0.4) is 0 Å². The summed E-state index contributed by atoms with van der Waals surface area (Å²) in [4.78, 5) is 16.9. The molecule has 0 spiro atoms. The molecule has 0 unspecified atom stereocenters. The molecule has 0 radical (unpaired) electrons. The third-order valence-corrected chi connectivity index (χ3v) is 4.05. The minimum absolute atomic E-state index is 0.123. The zero-order valence-corrected chi connectivity index (χ0v) is 13.9. The Kier molecular flexibility index (Phi) is 3.88. The maximum atomic E-state index is 12.6. The van der Waals surface area contributed by atoms with Crippen LogP contribution in [0.2, 0.25) is 5.02 Å². The van der Waals surface area contributed by atoms with Gasteiger partial charge >= 0.3 is 5.65 Å². The Bertz CT molecular complexity index is 923. The number of pyridine rings is 1. The van der Waals surface area contributed by atoms with Crippen molar-refractivity contribution >= 4 is 38.6 Å². The molecule has 22 heavy (non-hydrogen) atoms. The van der Waals surface area contributed by atoms with Crippen molar-refractivity contribution in [2.45, 2.75) is 13.5 Å². The number of benzene rings is 1. The van der Waals surface area contributed by atoms with Crippen LogP contribution in [0.4, 0.5) is 0 Å². The molecule has 1 aromatic carbocycles. The van der Waals surface area contributed by atoms with Gasteiger partial charge < -0.3 is 5.21 Å². The Hall–Kier alpha value is -1.92. The van der Waals surface area contributed by atoms with E-state index in [9.17, 15) is 10.0 Å². The zero-order valence-electron chi connectivity index (χ0n) is 11.6. The van der Waals surface area contributed by atoms with Gasteiger partial charge in [0.15, 0.2) is 0 Å². The molecule has 3 rings (SSSR count). The van der Waals surface area contributed by atoms with Crippen LogP contribution in [0.1, 0.15) is 11.4 Å². The minimum atomic E-state index is -0.247. The molecule has 0 aliphatic carbocycles. The Labute approximate surface area is 139 Å². The van der Waals surface area contributed by atoms with Gasteiger partial charge in [-0.15, -0.1) is 0 Å². The molecule has 0 atom stereocenters. The third-order valence-electron chi connectivity index (χ3n) is 3.36. The lowest BCUT2D eigenvalue weighted by Gasteiger charge is -2.09. The van der Waals surface area contributed by atoms with Crippen LogP contribution in [0, 0.1) is 12.1 Å². The van der Waals surface area contributed by atoms with E-state index in [1.54, 1.807) is 25.1 Å². The van der Waals surface area contributed by atoms with Crippen molar-refractivity contribution in [3.05, 3.63) is 73.0 Å². The minimum Gasteiger partial charge on any atom is -0.710 e. The average molecular weight is 381 g/mol. The summed E-state index contributed by atoms with van der Waals surface area (Å²) in [6.45, 7) is 2.08. The van der Waals surface area contributed by atoms with Gasteiger partial charge in [-0.05, 0) is 44.7 Å². The van der Waals surface area contributed by atoms with Crippen LogP contribution in [0.25, 0.3) is 11.0 Å². The van der Waals surface area contributed by atoms with Crippen molar-refractivity contribution in [1.82, 2.24) is 9.55 Å². The number of hydrogen-bond acceptors (Lipinski definition) is 3. The van der Waals surface area contributed by atoms with E-state index in [-0.39, 0.29) is 16.6 Å². The number of hydrogen-bond donors (Lipinski definition) is 0. The van der Waals surface area contributed by atoms with Crippen molar-refractivity contribution in [3.8, 4) is 0 Å². The van der Waals surface area contributed by atoms with E-state index in [0.717, 1.165) is 5.56 Å². The van der Waals surface area contributed by atoms with E-state index in [1.165, 1.54) is 10.8 Å². The maximum Gasteiger partial charge on any atom is 0.341 e. The molecule has 0 aliphatic rings. The van der Waals surface area contributed by atoms with Crippen LogP contribution >= 0.6 is 27.5 Å². The molecule has 0 saturated heterocycles. The molecule has 0 amide bonds. The molecule has 3 aromatic rings. The molecule has 5 nitrogen and oxygen atoms in total. The summed E-state index contributed by atoms with van der Waals surface area (Å²) in [5, 5.41) is 12.8. The first kappa shape index (κ1) is 15.0. The SMILES string of the molecule is Cc1nc2c(cc(Br)c[n+]2[O-])c(=O)n1Cc1ccc(Cl)cc1. The van der Waals surface area contributed by atoms with Crippen LogP contribution in [-0.4, -0.2) is 9.55 Å². The number of nitrogens with zero attached hydrogens (tertiary/aromatic N) is 3. The molecule has 112 valence electrons. The molecule has 0 bridgehead atoms. The number of aromatic nitrogens is 3. The summed E-state index contributed by atoms with van der Waals surface area (Å²) >= 11 is 9.09. The van der Waals surface area contributed by atoms with Crippen LogP contribution in [-0.2, 0) is 6.54 Å². The van der Waals surface area contributed by atoms with E-state index in [4.69, 9.17) is 11.6 Å². The van der Waals surface area contributed by atoms with Gasteiger partial charge in [-0.3, -0.25) is 9.36 Å². The summed E-state index contributed by atoms with van der Waals surface area (Å²) < 4.78 is 2.68. The predicted octanol–water partition coefficient (Wildman–Crippen LogP) is 2.80. The smallest absolute Gasteiger partial charge is 0.341 e. The number of rotatable bonds is 2. The van der Waals surface area contributed by atoms with Gasteiger partial charge in [0, 0.05) is 11.9 Å². The van der Waals surface area contributed by atoms with E-state index in [2.05, 4.69) is 20.9 Å². The van der Waals surface area contributed by atoms with Crippen molar-refractivity contribution in [1.29, 1.82) is 0 Å². The van der Waals surface area contributed by atoms with Crippen LogP contribution in [0.15, 0.2) is 45.8 Å². The molecule has 7 heteroatoms. The number of fused-ring (bicyclic) bond motifs is 1. The van der Waals surface area contributed by atoms with Gasteiger partial charge in [-0.1, -0.05) is 23.7 Å². The van der Waals surface area contributed by atoms with Gasteiger partial charge in [0.1, 0.15) is 11.6 Å². The van der Waals surface area contributed by atoms with Gasteiger partial charge in [-0.2, -0.15) is 0 Å². The highest BCUT2D eigenvalue weighted by Gasteiger charge is 2.17. The van der Waals surface area contributed by atoms with E-state index in [1.807, 2.05) is 12.1 Å². The lowest BCUT2D eigenvalue weighted by atomic mass is 10.2. The molecular weight excluding hydrogens is 370 g/mol. The van der Waals surface area contributed by atoms with E-state index < -0.39 is 0 Å². The predicted molar refractivity (Wildman–Crippen MR) is 88.0 cm³/mol. The third kappa shape index (κ3) is 2.71. The molecule has 2 aromatic heterocycles. The molecule has 2 heterocycles. The largest absolute Gasteiger partial charge is 0.710 e. The van der Waals surface area contributed by atoms with Gasteiger partial charge in [-0.25, -0.2) is 4.73 Å². The fourth-order valence-electron chi connectivity index (χ4n) is 2.26. The number of halogens is 2. The van der Waals surface area contributed by atoms with Crippen LogP contribution < -0.4 is 10.3 Å². The van der Waals surface area contributed by atoms with Crippen molar-refractivity contribution in [2.75, 3.05) is 0 Å². The van der Waals surface area contributed by atoms with Gasteiger partial charge in [0.05, 0.1) is 11.0 Å². The standard InChI is InChI=1S/C15H11BrClN3O2/c1-9-18-14-13(6-11(16)8-20(14)22)15(21)19(9)7-10-2-4-12(17)5-3-10/h2-6,8H,7H2,1H3. The highest BCUT2D eigenvalue weighted by Crippen LogP contribution is 2.14. The van der Waals surface area contributed by atoms with E-state index in [0.29, 0.717) is 26.6 Å². The molecule has 0 N–H and O–H groups in total. The Balaban J connectivity index is 2.18. The first-order chi connectivity index (χ1) is 10.5. The maximum absolute atomic E-state index is 12.6. The molecule has 0 saturated carbocycles. The normalized spacial score (nSPS) is 11.0. The fourth-order valence-corrected chi connectivity index (χ4v) is 2.80. The fraction of sp³-hybridized carbons (Fsp3) is 0.133. The summed E-state index contributed by atoms with van der Waals surface area (Å²) in [5.74, 6) is 0.486. The first-order valence-corrected chi connectivity index (χ1v) is 7.67. The summed E-state index contributed by atoms with van der Waals surface area (Å²) in [6, 6.07) is 8.86. The summed E-state index contributed by atoms with van der Waals surface area (Å²) in [6.07, 6.45) is 1.33. The summed E-state index contributed by atoms with van der Waals surface area (Å²) in [5.41, 5.74) is 0.808.